The summed E-state index contributed by atoms with van der Waals surface area (Å²) < 4.78 is 0. The SMILES string of the molecule is NC(c1ccc2c(c1)CCC2)c1cccc(Cl)c1Cl. The Hall–Kier alpha value is -1.02. The number of halogens is 2. The molecule has 0 aliphatic heterocycles. The molecule has 98 valence electrons. The van der Waals surface area contributed by atoms with Crippen molar-refractivity contribution >= 4 is 23.2 Å². The smallest absolute Gasteiger partial charge is 0.0643 e. The minimum atomic E-state index is -0.225. The van der Waals surface area contributed by atoms with Crippen molar-refractivity contribution in [2.75, 3.05) is 0 Å². The minimum absolute atomic E-state index is 0.225. The van der Waals surface area contributed by atoms with Gasteiger partial charge in [0.05, 0.1) is 16.1 Å². The fraction of sp³-hybridized carbons (Fsp3) is 0.250. The van der Waals surface area contributed by atoms with Gasteiger partial charge in [0.1, 0.15) is 0 Å². The highest BCUT2D eigenvalue weighted by molar-refractivity contribution is 6.42. The van der Waals surface area contributed by atoms with E-state index in [1.165, 1.54) is 24.0 Å². The first-order valence-electron chi connectivity index (χ1n) is 6.48. The second-order valence-corrected chi connectivity index (χ2v) is 5.79. The van der Waals surface area contributed by atoms with Gasteiger partial charge in [-0.3, -0.25) is 0 Å². The van der Waals surface area contributed by atoms with E-state index in [0.29, 0.717) is 10.0 Å². The van der Waals surface area contributed by atoms with Crippen LogP contribution in [0.15, 0.2) is 36.4 Å². The fourth-order valence-corrected chi connectivity index (χ4v) is 3.15. The zero-order valence-electron chi connectivity index (χ0n) is 10.5. The van der Waals surface area contributed by atoms with Gasteiger partial charge < -0.3 is 5.73 Å². The molecule has 1 unspecified atom stereocenters. The molecular formula is C16H15Cl2N. The lowest BCUT2D eigenvalue weighted by molar-refractivity contribution is 0.867. The van der Waals surface area contributed by atoms with E-state index in [4.69, 9.17) is 28.9 Å². The molecule has 19 heavy (non-hydrogen) atoms. The molecule has 0 radical (unpaired) electrons. The number of hydrogen-bond donors (Lipinski definition) is 1. The molecule has 1 nitrogen and oxygen atoms in total. The second kappa shape index (κ2) is 5.16. The van der Waals surface area contributed by atoms with E-state index in [2.05, 4.69) is 18.2 Å². The predicted molar refractivity (Wildman–Crippen MR) is 81.0 cm³/mol. The average Bonchev–Trinajstić information content (AvgIpc) is 2.88. The van der Waals surface area contributed by atoms with Crippen molar-refractivity contribution in [3.05, 3.63) is 68.7 Å². The molecule has 2 aromatic carbocycles. The molecule has 0 bridgehead atoms. The number of rotatable bonds is 2. The van der Waals surface area contributed by atoms with Gasteiger partial charge in [0.2, 0.25) is 0 Å². The summed E-state index contributed by atoms with van der Waals surface area (Å²) in [5, 5.41) is 1.10. The summed E-state index contributed by atoms with van der Waals surface area (Å²) >= 11 is 12.3. The molecule has 1 aliphatic rings. The Morgan fingerprint density at radius 3 is 2.63 bits per heavy atom. The van der Waals surface area contributed by atoms with Gasteiger partial charge in [-0.05, 0) is 47.6 Å². The Kier molecular flexibility index (Phi) is 3.53. The molecule has 2 aromatic rings. The standard InChI is InChI=1S/C16H15Cl2N/c17-14-6-2-5-13(15(14)18)16(19)12-8-7-10-3-1-4-11(10)9-12/h2,5-9,16H,1,3-4,19H2. The third-order valence-electron chi connectivity index (χ3n) is 3.80. The Labute approximate surface area is 123 Å². The molecule has 0 amide bonds. The van der Waals surface area contributed by atoms with Crippen LogP contribution in [0.25, 0.3) is 0 Å². The highest BCUT2D eigenvalue weighted by Gasteiger charge is 2.17. The van der Waals surface area contributed by atoms with Crippen LogP contribution in [0.1, 0.15) is 34.7 Å². The minimum Gasteiger partial charge on any atom is -0.320 e. The molecule has 0 aromatic heterocycles. The third kappa shape index (κ3) is 2.38. The molecule has 0 saturated heterocycles. The van der Waals surface area contributed by atoms with Crippen LogP contribution < -0.4 is 5.73 Å². The van der Waals surface area contributed by atoms with Crippen molar-refractivity contribution in [1.82, 2.24) is 0 Å². The number of hydrogen-bond acceptors (Lipinski definition) is 1. The van der Waals surface area contributed by atoms with Crippen molar-refractivity contribution < 1.29 is 0 Å². The Morgan fingerprint density at radius 1 is 1.00 bits per heavy atom. The topological polar surface area (TPSA) is 26.0 Å². The van der Waals surface area contributed by atoms with Crippen molar-refractivity contribution in [2.24, 2.45) is 5.73 Å². The van der Waals surface area contributed by atoms with Crippen LogP contribution in [0.5, 0.6) is 0 Å². The first kappa shape index (κ1) is 13.0. The van der Waals surface area contributed by atoms with Gasteiger partial charge in [0, 0.05) is 0 Å². The maximum absolute atomic E-state index is 6.34. The maximum Gasteiger partial charge on any atom is 0.0643 e. The highest BCUT2D eigenvalue weighted by Crippen LogP contribution is 2.33. The number of aryl methyl sites for hydroxylation is 2. The van der Waals surface area contributed by atoms with E-state index < -0.39 is 0 Å². The Bertz CT molecular complexity index is 622. The molecular weight excluding hydrogens is 277 g/mol. The molecule has 1 atom stereocenters. The van der Waals surface area contributed by atoms with Crippen LogP contribution in [0, 0.1) is 0 Å². The van der Waals surface area contributed by atoms with Crippen LogP contribution in [0.3, 0.4) is 0 Å². The summed E-state index contributed by atoms with van der Waals surface area (Å²) in [7, 11) is 0. The largest absolute Gasteiger partial charge is 0.320 e. The third-order valence-corrected chi connectivity index (χ3v) is 4.63. The highest BCUT2D eigenvalue weighted by atomic mass is 35.5. The summed E-state index contributed by atoms with van der Waals surface area (Å²) in [5.41, 5.74) is 11.2. The number of benzene rings is 2. The quantitative estimate of drug-likeness (QED) is 0.864. The molecule has 0 saturated carbocycles. The van der Waals surface area contributed by atoms with Gasteiger partial charge >= 0.3 is 0 Å². The Morgan fingerprint density at radius 2 is 1.79 bits per heavy atom. The lowest BCUT2D eigenvalue weighted by atomic mass is 9.96. The van der Waals surface area contributed by atoms with Gasteiger partial charge in [-0.15, -0.1) is 0 Å². The van der Waals surface area contributed by atoms with Crippen LogP contribution in [-0.2, 0) is 12.8 Å². The van der Waals surface area contributed by atoms with Crippen LogP contribution in [0.4, 0.5) is 0 Å². The molecule has 0 spiro atoms. The van der Waals surface area contributed by atoms with E-state index >= 15 is 0 Å². The molecule has 0 heterocycles. The lowest BCUT2D eigenvalue weighted by Gasteiger charge is -2.16. The summed E-state index contributed by atoms with van der Waals surface area (Å²) in [4.78, 5) is 0. The molecule has 0 fully saturated rings. The molecule has 3 rings (SSSR count). The molecule has 3 heteroatoms. The summed E-state index contributed by atoms with van der Waals surface area (Å²) in [6.45, 7) is 0. The normalized spacial score (nSPS) is 15.3. The predicted octanol–water partition coefficient (Wildman–Crippen LogP) is 4.53. The van der Waals surface area contributed by atoms with Crippen molar-refractivity contribution in [2.45, 2.75) is 25.3 Å². The first-order chi connectivity index (χ1) is 9.16. The van der Waals surface area contributed by atoms with Crippen LogP contribution >= 0.6 is 23.2 Å². The van der Waals surface area contributed by atoms with Gasteiger partial charge in [-0.1, -0.05) is 53.5 Å². The first-order valence-corrected chi connectivity index (χ1v) is 7.23. The zero-order chi connectivity index (χ0) is 13.4. The lowest BCUT2D eigenvalue weighted by Crippen LogP contribution is -2.12. The van der Waals surface area contributed by atoms with E-state index in [0.717, 1.165) is 17.5 Å². The second-order valence-electron chi connectivity index (χ2n) is 5.00. The van der Waals surface area contributed by atoms with E-state index in [-0.39, 0.29) is 6.04 Å². The van der Waals surface area contributed by atoms with E-state index in [1.807, 2.05) is 12.1 Å². The van der Waals surface area contributed by atoms with Crippen molar-refractivity contribution in [1.29, 1.82) is 0 Å². The van der Waals surface area contributed by atoms with E-state index in [1.54, 1.807) is 6.07 Å². The molecule has 2 N–H and O–H groups in total. The van der Waals surface area contributed by atoms with Crippen LogP contribution in [-0.4, -0.2) is 0 Å². The molecule has 1 aliphatic carbocycles. The van der Waals surface area contributed by atoms with Gasteiger partial charge in [-0.2, -0.15) is 0 Å². The summed E-state index contributed by atoms with van der Waals surface area (Å²) in [6.07, 6.45) is 3.58. The average molecular weight is 292 g/mol. The zero-order valence-corrected chi connectivity index (χ0v) is 12.0. The summed E-state index contributed by atoms with van der Waals surface area (Å²) in [5.74, 6) is 0. The summed E-state index contributed by atoms with van der Waals surface area (Å²) in [6, 6.07) is 11.9. The van der Waals surface area contributed by atoms with Gasteiger partial charge in [0.25, 0.3) is 0 Å². The monoisotopic (exact) mass is 291 g/mol. The van der Waals surface area contributed by atoms with Gasteiger partial charge in [-0.25, -0.2) is 0 Å². The fourth-order valence-electron chi connectivity index (χ4n) is 2.73. The van der Waals surface area contributed by atoms with Gasteiger partial charge in [0.15, 0.2) is 0 Å². The van der Waals surface area contributed by atoms with Crippen molar-refractivity contribution in [3.8, 4) is 0 Å². The Balaban J connectivity index is 2.00. The number of nitrogens with two attached hydrogens (primary N) is 1. The maximum atomic E-state index is 6.34. The number of fused-ring (bicyclic) bond motifs is 1. The van der Waals surface area contributed by atoms with Crippen molar-refractivity contribution in [3.63, 3.8) is 0 Å². The van der Waals surface area contributed by atoms with E-state index in [9.17, 15) is 0 Å². The van der Waals surface area contributed by atoms with Crippen LogP contribution in [0.2, 0.25) is 10.0 Å².